The zero-order valence-corrected chi connectivity index (χ0v) is 10.4. The van der Waals surface area contributed by atoms with E-state index >= 15 is 0 Å². The molecule has 1 rings (SSSR count). The first kappa shape index (κ1) is 13.0. The molecule has 0 fully saturated rings. The minimum absolute atomic E-state index is 0.0798. The molecule has 1 aromatic rings. The van der Waals surface area contributed by atoms with Crippen LogP contribution in [0.5, 0.6) is 0 Å². The largest absolute Gasteiger partial charge is 0.354 e. The van der Waals surface area contributed by atoms with Crippen molar-refractivity contribution in [2.45, 2.75) is 20.8 Å². The highest BCUT2D eigenvalue weighted by Gasteiger charge is 2.14. The van der Waals surface area contributed by atoms with Crippen molar-refractivity contribution in [3.63, 3.8) is 0 Å². The third-order valence-corrected chi connectivity index (χ3v) is 2.53. The smallest absolute Gasteiger partial charge is 0.146 e. The first-order valence-corrected chi connectivity index (χ1v) is 5.64. The molecular weight excluding hydrogens is 212 g/mol. The Hall–Kier alpha value is -2.07. The molecule has 88 valence electrons. The van der Waals surface area contributed by atoms with Crippen LogP contribution in [0.3, 0.4) is 0 Å². The van der Waals surface area contributed by atoms with Crippen LogP contribution in [0.2, 0.25) is 0 Å². The third kappa shape index (κ3) is 3.19. The van der Waals surface area contributed by atoms with E-state index in [-0.39, 0.29) is 5.92 Å². The highest BCUT2D eigenvalue weighted by atomic mass is 15.2. The molecule has 0 amide bonds. The number of rotatable bonds is 4. The monoisotopic (exact) mass is 228 g/mol. The molecule has 0 saturated carbocycles. The van der Waals surface area contributed by atoms with Crippen LogP contribution in [-0.2, 0) is 0 Å². The fraction of sp³-hybridized carbons (Fsp3) is 0.462. The van der Waals surface area contributed by atoms with Gasteiger partial charge >= 0.3 is 0 Å². The second kappa shape index (κ2) is 5.86. The Balaban J connectivity index is 3.07. The molecule has 0 radical (unpaired) electrons. The number of aromatic nitrogens is 1. The van der Waals surface area contributed by atoms with Crippen LogP contribution in [0.4, 0.5) is 5.82 Å². The number of hydrogen-bond acceptors (Lipinski definition) is 4. The van der Waals surface area contributed by atoms with E-state index in [1.54, 1.807) is 6.07 Å². The van der Waals surface area contributed by atoms with Crippen molar-refractivity contribution in [3.8, 4) is 12.1 Å². The van der Waals surface area contributed by atoms with E-state index in [1.165, 1.54) is 0 Å². The van der Waals surface area contributed by atoms with Gasteiger partial charge in [-0.3, -0.25) is 0 Å². The lowest BCUT2D eigenvalue weighted by Crippen LogP contribution is -2.29. The lowest BCUT2D eigenvalue weighted by Gasteiger charge is -2.24. The topological polar surface area (TPSA) is 63.7 Å². The van der Waals surface area contributed by atoms with Gasteiger partial charge in [-0.1, -0.05) is 0 Å². The zero-order chi connectivity index (χ0) is 12.8. The predicted octanol–water partition coefficient (Wildman–Crippen LogP) is 2.25. The summed E-state index contributed by atoms with van der Waals surface area (Å²) in [6, 6.07) is 7.94. The molecule has 1 unspecified atom stereocenters. The van der Waals surface area contributed by atoms with Crippen molar-refractivity contribution < 1.29 is 0 Å². The normalized spacial score (nSPS) is 11.4. The number of hydrogen-bond donors (Lipinski definition) is 0. The second-order valence-electron chi connectivity index (χ2n) is 4.00. The van der Waals surface area contributed by atoms with E-state index in [9.17, 15) is 0 Å². The predicted molar refractivity (Wildman–Crippen MR) is 66.4 cm³/mol. The summed E-state index contributed by atoms with van der Waals surface area (Å²) in [6.07, 6.45) is 0. The number of aryl methyl sites for hydroxylation is 1. The summed E-state index contributed by atoms with van der Waals surface area (Å²) < 4.78 is 0. The fourth-order valence-corrected chi connectivity index (χ4v) is 1.61. The van der Waals surface area contributed by atoms with Crippen LogP contribution in [-0.4, -0.2) is 18.1 Å². The molecule has 0 aliphatic carbocycles. The minimum Gasteiger partial charge on any atom is -0.354 e. The lowest BCUT2D eigenvalue weighted by atomic mass is 10.1. The maximum absolute atomic E-state index is 9.06. The van der Waals surface area contributed by atoms with E-state index in [0.29, 0.717) is 17.9 Å². The summed E-state index contributed by atoms with van der Waals surface area (Å²) in [5.41, 5.74) is 1.43. The molecule has 0 bridgehead atoms. The van der Waals surface area contributed by atoms with Crippen molar-refractivity contribution in [2.24, 2.45) is 5.92 Å². The number of nitrogens with zero attached hydrogens (tertiary/aromatic N) is 4. The maximum atomic E-state index is 9.06. The molecule has 0 spiro atoms. The summed E-state index contributed by atoms with van der Waals surface area (Å²) in [6.45, 7) is 7.08. The van der Waals surface area contributed by atoms with Gasteiger partial charge in [-0.05, 0) is 32.9 Å². The quantitative estimate of drug-likeness (QED) is 0.792. The highest BCUT2D eigenvalue weighted by molar-refractivity contribution is 5.54. The van der Waals surface area contributed by atoms with Gasteiger partial charge in [-0.25, -0.2) is 4.98 Å². The number of nitriles is 2. The SMILES string of the molecule is CCN(CC(C)C#N)c1nc(C)ccc1C#N. The zero-order valence-electron chi connectivity index (χ0n) is 10.4. The molecule has 1 aromatic heterocycles. The van der Waals surface area contributed by atoms with E-state index in [1.807, 2.05) is 31.7 Å². The molecule has 0 aromatic carbocycles. The Labute approximate surface area is 102 Å². The van der Waals surface area contributed by atoms with Gasteiger partial charge in [0.2, 0.25) is 0 Å². The molecule has 1 heterocycles. The van der Waals surface area contributed by atoms with Gasteiger partial charge < -0.3 is 4.90 Å². The van der Waals surface area contributed by atoms with Crippen LogP contribution in [0, 0.1) is 35.5 Å². The van der Waals surface area contributed by atoms with Gasteiger partial charge in [0.25, 0.3) is 0 Å². The third-order valence-electron chi connectivity index (χ3n) is 2.53. The van der Waals surface area contributed by atoms with Crippen LogP contribution < -0.4 is 4.90 Å². The summed E-state index contributed by atoms with van der Waals surface area (Å²) in [4.78, 5) is 6.37. The standard InChI is InChI=1S/C13H16N4/c1-4-17(9-10(2)7-14)13-12(8-15)6-5-11(3)16-13/h5-6,10H,4,9H2,1-3H3. The molecule has 0 saturated heterocycles. The Morgan fingerprint density at radius 1 is 1.41 bits per heavy atom. The molecule has 4 heteroatoms. The average molecular weight is 228 g/mol. The van der Waals surface area contributed by atoms with Crippen molar-refractivity contribution in [2.75, 3.05) is 18.0 Å². The fourth-order valence-electron chi connectivity index (χ4n) is 1.61. The molecular formula is C13H16N4. The van der Waals surface area contributed by atoms with E-state index < -0.39 is 0 Å². The molecule has 17 heavy (non-hydrogen) atoms. The Kier molecular flexibility index (Phi) is 4.48. The van der Waals surface area contributed by atoms with Gasteiger partial charge in [0.15, 0.2) is 0 Å². The molecule has 1 atom stereocenters. The van der Waals surface area contributed by atoms with Crippen molar-refractivity contribution in [1.82, 2.24) is 4.98 Å². The average Bonchev–Trinajstić information content (AvgIpc) is 2.35. The second-order valence-corrected chi connectivity index (χ2v) is 4.00. The summed E-state index contributed by atoms with van der Waals surface area (Å²) in [5, 5.41) is 17.9. The van der Waals surface area contributed by atoms with Crippen LogP contribution in [0.15, 0.2) is 12.1 Å². The summed E-state index contributed by atoms with van der Waals surface area (Å²) >= 11 is 0. The van der Waals surface area contributed by atoms with Gasteiger partial charge in [-0.15, -0.1) is 0 Å². The van der Waals surface area contributed by atoms with E-state index in [0.717, 1.165) is 12.2 Å². The lowest BCUT2D eigenvalue weighted by molar-refractivity contribution is 0.678. The molecule has 4 nitrogen and oxygen atoms in total. The van der Waals surface area contributed by atoms with Crippen molar-refractivity contribution in [3.05, 3.63) is 23.4 Å². The van der Waals surface area contributed by atoms with Crippen molar-refractivity contribution >= 4 is 5.82 Å². The van der Waals surface area contributed by atoms with E-state index in [4.69, 9.17) is 10.5 Å². The van der Waals surface area contributed by atoms with Crippen molar-refractivity contribution in [1.29, 1.82) is 10.5 Å². The Bertz CT molecular complexity index is 467. The highest BCUT2D eigenvalue weighted by Crippen LogP contribution is 2.18. The van der Waals surface area contributed by atoms with Gasteiger partial charge in [0.05, 0.1) is 17.6 Å². The van der Waals surface area contributed by atoms with Crippen LogP contribution >= 0.6 is 0 Å². The van der Waals surface area contributed by atoms with E-state index in [2.05, 4.69) is 17.1 Å². The van der Waals surface area contributed by atoms with Crippen LogP contribution in [0.1, 0.15) is 25.1 Å². The summed E-state index contributed by atoms with van der Waals surface area (Å²) in [7, 11) is 0. The minimum atomic E-state index is -0.0798. The number of anilines is 1. The van der Waals surface area contributed by atoms with Gasteiger partial charge in [0.1, 0.15) is 11.9 Å². The first-order chi connectivity index (χ1) is 8.12. The first-order valence-electron chi connectivity index (χ1n) is 5.64. The summed E-state index contributed by atoms with van der Waals surface area (Å²) in [5.74, 6) is 0.598. The number of pyridine rings is 1. The maximum Gasteiger partial charge on any atom is 0.146 e. The Morgan fingerprint density at radius 2 is 2.12 bits per heavy atom. The Morgan fingerprint density at radius 3 is 2.65 bits per heavy atom. The molecule has 0 aliphatic heterocycles. The molecule has 0 aliphatic rings. The van der Waals surface area contributed by atoms with Gasteiger partial charge in [0, 0.05) is 18.8 Å². The van der Waals surface area contributed by atoms with Gasteiger partial charge in [-0.2, -0.15) is 10.5 Å². The molecule has 0 N–H and O–H groups in total. The van der Waals surface area contributed by atoms with Crippen LogP contribution in [0.25, 0.3) is 0 Å².